The Morgan fingerprint density at radius 1 is 0.370 bits per heavy atom. The number of hydrogen-bond acceptors (Lipinski definition) is 12. The summed E-state index contributed by atoms with van der Waals surface area (Å²) in [5.41, 5.74) is 0.389. The zero-order chi connectivity index (χ0) is 37.3. The van der Waals surface area contributed by atoms with Crippen molar-refractivity contribution in [1.82, 2.24) is 0 Å². The molecule has 15 heteroatoms. The van der Waals surface area contributed by atoms with Crippen molar-refractivity contribution in [2.45, 2.75) is 0 Å². The third kappa shape index (κ3) is 8.43. The van der Waals surface area contributed by atoms with E-state index in [1.165, 1.54) is 7.11 Å². The Labute approximate surface area is 312 Å². The highest BCUT2D eigenvalue weighted by molar-refractivity contribution is 7.79. The molecule has 6 aromatic carbocycles. The average Bonchev–Trinajstić information content (AvgIpc) is 3.19. The van der Waals surface area contributed by atoms with Crippen molar-refractivity contribution in [3.8, 4) is 40.2 Å². The zero-order valence-electron chi connectivity index (χ0n) is 28.6. The Kier molecular flexibility index (Phi) is 11.0. The number of para-hydroxylation sites is 7. The molecule has 7 rings (SSSR count). The van der Waals surface area contributed by atoms with Crippen molar-refractivity contribution in [2.24, 2.45) is 13.5 Å². The third-order valence-electron chi connectivity index (χ3n) is 7.39. The Balaban J connectivity index is 1.61. The van der Waals surface area contributed by atoms with E-state index >= 15 is 0 Å². The summed E-state index contributed by atoms with van der Waals surface area (Å²) in [6.07, 6.45) is 1.30. The second-order valence-corrected chi connectivity index (χ2v) is 17.4. The van der Waals surface area contributed by atoms with E-state index in [9.17, 15) is 9.59 Å². The molecular weight excluding hydrogens is 747 g/mol. The molecule has 0 spiro atoms. The van der Waals surface area contributed by atoms with E-state index in [4.69, 9.17) is 45.4 Å². The van der Waals surface area contributed by atoms with Gasteiger partial charge in [-0.1, -0.05) is 105 Å². The topological polar surface area (TPSA) is 136 Å². The smallest absolute Gasteiger partial charge is 0.461 e. The van der Waals surface area contributed by atoms with Gasteiger partial charge in [0.15, 0.2) is 24.1 Å². The van der Waals surface area contributed by atoms with E-state index in [-0.39, 0.29) is 28.4 Å². The van der Waals surface area contributed by atoms with Gasteiger partial charge in [-0.25, -0.2) is 0 Å². The highest BCUT2D eigenvalue weighted by atomic mass is 31.3. The molecule has 1 aliphatic rings. The molecule has 0 aliphatic carbocycles. The highest BCUT2D eigenvalue weighted by Gasteiger charge is 2.49. The Hall–Kier alpha value is -6.05. The van der Waals surface area contributed by atoms with E-state index in [0.717, 1.165) is 0 Å². The summed E-state index contributed by atoms with van der Waals surface area (Å²) in [4.78, 5) is 24.7. The monoisotopic (exact) mass is 779 g/mol. The fraction of sp³-hybridized carbons (Fsp3) is 0.0256. The van der Waals surface area contributed by atoms with E-state index in [1.807, 2.05) is 18.2 Å². The SMILES string of the molecule is COc1ccccc1OP1(Oc2ccccc2)=NP(Oc2ccccc2)(Oc2ccccc2C=O)=NP(Oc2ccccc2)(Oc2ccccc2C=O)=N1. The first-order valence-electron chi connectivity index (χ1n) is 16.4. The lowest BCUT2D eigenvalue weighted by Crippen LogP contribution is -2.12. The van der Waals surface area contributed by atoms with Crippen molar-refractivity contribution in [3.63, 3.8) is 0 Å². The predicted octanol–water partition coefficient (Wildman–Crippen LogP) is 11.9. The number of aldehydes is 2. The van der Waals surface area contributed by atoms with Crippen LogP contribution in [0.25, 0.3) is 0 Å². The first-order valence-corrected chi connectivity index (χ1v) is 21.0. The number of ether oxygens (including phenoxy) is 1. The lowest BCUT2D eigenvalue weighted by molar-refractivity contribution is 0.111. The summed E-state index contributed by atoms with van der Waals surface area (Å²) in [5.74, 6) is 1.72. The van der Waals surface area contributed by atoms with Crippen LogP contribution in [0.3, 0.4) is 0 Å². The van der Waals surface area contributed by atoms with Gasteiger partial charge in [0.1, 0.15) is 28.7 Å². The molecule has 0 N–H and O–H groups in total. The summed E-state index contributed by atoms with van der Waals surface area (Å²) in [6.45, 7) is 0. The molecule has 3 unspecified atom stereocenters. The number of rotatable bonds is 15. The van der Waals surface area contributed by atoms with Crippen LogP contribution in [-0.2, 0) is 0 Å². The minimum atomic E-state index is -4.25. The van der Waals surface area contributed by atoms with Crippen molar-refractivity contribution in [3.05, 3.63) is 175 Å². The average molecular weight is 780 g/mol. The molecule has 0 radical (unpaired) electrons. The van der Waals surface area contributed by atoms with Crippen molar-refractivity contribution in [2.75, 3.05) is 7.11 Å². The lowest BCUT2D eigenvalue weighted by Gasteiger charge is -2.33. The molecule has 12 nitrogen and oxygen atoms in total. The van der Waals surface area contributed by atoms with E-state index < -0.39 is 23.0 Å². The summed E-state index contributed by atoms with van der Waals surface area (Å²) < 4.78 is 61.6. The summed E-state index contributed by atoms with van der Waals surface area (Å²) >= 11 is 0. The Bertz CT molecular complexity index is 2330. The van der Waals surface area contributed by atoms with Crippen molar-refractivity contribution >= 4 is 35.5 Å². The quantitative estimate of drug-likeness (QED) is 0.0736. The van der Waals surface area contributed by atoms with Gasteiger partial charge < -0.3 is 31.9 Å². The molecule has 0 saturated carbocycles. The molecule has 6 aromatic rings. The van der Waals surface area contributed by atoms with Crippen LogP contribution in [0.5, 0.6) is 40.2 Å². The molecule has 0 saturated heterocycles. The second-order valence-electron chi connectivity index (χ2n) is 11.2. The maximum Gasteiger partial charge on any atom is 0.461 e. The van der Waals surface area contributed by atoms with Crippen LogP contribution in [0.1, 0.15) is 20.7 Å². The highest BCUT2D eigenvalue weighted by Crippen LogP contribution is 2.79. The van der Waals surface area contributed by atoms with Crippen molar-refractivity contribution < 1.29 is 41.5 Å². The predicted molar refractivity (Wildman–Crippen MR) is 208 cm³/mol. The maximum atomic E-state index is 12.4. The second kappa shape index (κ2) is 16.3. The van der Waals surface area contributed by atoms with Crippen LogP contribution in [0.4, 0.5) is 0 Å². The van der Waals surface area contributed by atoms with Crippen LogP contribution >= 0.6 is 23.0 Å². The lowest BCUT2D eigenvalue weighted by atomic mass is 10.2. The zero-order valence-corrected chi connectivity index (χ0v) is 31.3. The van der Waals surface area contributed by atoms with E-state index in [1.54, 1.807) is 146 Å². The van der Waals surface area contributed by atoms with E-state index in [2.05, 4.69) is 0 Å². The molecular formula is C39H32N3O9P3. The molecule has 0 fully saturated rings. The number of carbonyl (C=O) groups is 2. The van der Waals surface area contributed by atoms with Gasteiger partial charge in [0, 0.05) is 0 Å². The molecule has 0 bridgehead atoms. The number of hydrogen-bond donors (Lipinski definition) is 0. The first kappa shape index (κ1) is 36.3. The Morgan fingerprint density at radius 2 is 0.667 bits per heavy atom. The molecule has 0 aromatic heterocycles. The van der Waals surface area contributed by atoms with Crippen LogP contribution in [-0.4, -0.2) is 19.7 Å². The fourth-order valence-electron chi connectivity index (χ4n) is 5.01. The minimum Gasteiger partial charge on any atom is -0.493 e. The van der Waals surface area contributed by atoms with Crippen LogP contribution in [0, 0.1) is 0 Å². The summed E-state index contributed by atoms with van der Waals surface area (Å²) in [6, 6.07) is 46.4. The number of benzene rings is 6. The van der Waals surface area contributed by atoms with Gasteiger partial charge in [0.25, 0.3) is 0 Å². The minimum absolute atomic E-state index is 0.104. The molecule has 1 heterocycles. The molecule has 272 valence electrons. The standard InChI is InChI=1S/C39H32N3O9P3/c1-45-38-27-15-16-28-39(38)51-54(48-35-23-9-4-10-24-35)41-52(46-33-19-5-2-6-20-33,49-36-25-13-11-17-31(36)29-43)40-53(42-54,47-34-21-7-3-8-22-34)50-37-26-14-12-18-32(37)30-44/h2-30H,1H3. The van der Waals surface area contributed by atoms with Gasteiger partial charge in [-0.3, -0.25) is 9.59 Å². The largest absolute Gasteiger partial charge is 0.493 e. The van der Waals surface area contributed by atoms with Gasteiger partial charge in [-0.15, -0.1) is 0 Å². The van der Waals surface area contributed by atoms with Crippen LogP contribution in [0.2, 0.25) is 0 Å². The third-order valence-corrected chi connectivity index (χ3v) is 15.5. The van der Waals surface area contributed by atoms with Crippen molar-refractivity contribution in [1.29, 1.82) is 0 Å². The van der Waals surface area contributed by atoms with Gasteiger partial charge in [-0.05, 0) is 72.8 Å². The summed E-state index contributed by atoms with van der Waals surface area (Å²) in [5, 5.41) is 0. The number of carbonyl (C=O) groups excluding carboxylic acids is 2. The fourth-order valence-corrected chi connectivity index (χ4v) is 14.1. The van der Waals surface area contributed by atoms with E-state index in [0.29, 0.717) is 35.6 Å². The first-order chi connectivity index (χ1) is 26.4. The molecule has 3 atom stereocenters. The Morgan fingerprint density at radius 3 is 1.02 bits per heavy atom. The number of methoxy groups -OCH3 is 1. The summed E-state index contributed by atoms with van der Waals surface area (Å²) in [7, 11) is -11.2. The normalized spacial score (nSPS) is 20.0. The van der Waals surface area contributed by atoms with Gasteiger partial charge in [-0.2, -0.15) is 0 Å². The molecule has 54 heavy (non-hydrogen) atoms. The molecule has 1 aliphatic heterocycles. The van der Waals surface area contributed by atoms with Gasteiger partial charge >= 0.3 is 23.0 Å². The number of nitrogens with zero attached hydrogens (tertiary/aromatic N) is 3. The maximum absolute atomic E-state index is 12.4. The van der Waals surface area contributed by atoms with Crippen LogP contribution in [0.15, 0.2) is 177 Å². The van der Waals surface area contributed by atoms with Gasteiger partial charge in [0.05, 0.1) is 18.2 Å². The molecule has 0 amide bonds. The van der Waals surface area contributed by atoms with Gasteiger partial charge in [0.2, 0.25) is 0 Å². The van der Waals surface area contributed by atoms with Crippen LogP contribution < -0.4 is 31.9 Å².